The monoisotopic (exact) mass is 233 g/mol. The lowest BCUT2D eigenvalue weighted by atomic mass is 10.2. The van der Waals surface area contributed by atoms with Gasteiger partial charge in [-0.2, -0.15) is 0 Å². The van der Waals surface area contributed by atoms with E-state index in [0.29, 0.717) is 23.2 Å². The van der Waals surface area contributed by atoms with Gasteiger partial charge in [0, 0.05) is 24.8 Å². The summed E-state index contributed by atoms with van der Waals surface area (Å²) in [6.07, 6.45) is 1.47. The van der Waals surface area contributed by atoms with E-state index in [1.165, 1.54) is 13.1 Å². The van der Waals surface area contributed by atoms with Crippen molar-refractivity contribution in [1.82, 2.24) is 15.2 Å². The zero-order valence-electron chi connectivity index (χ0n) is 9.51. The Morgan fingerprint density at radius 1 is 1.41 bits per heavy atom. The second kappa shape index (κ2) is 4.73. The molecule has 0 aromatic carbocycles. The molecule has 0 bridgehead atoms. The van der Waals surface area contributed by atoms with Gasteiger partial charge in [0.1, 0.15) is 0 Å². The molecule has 0 atom stereocenters. The van der Waals surface area contributed by atoms with Crippen molar-refractivity contribution in [2.45, 2.75) is 20.5 Å². The van der Waals surface area contributed by atoms with Gasteiger partial charge in [0.05, 0.1) is 0 Å². The molecule has 2 aromatic rings. The molecule has 0 aliphatic rings. The Bertz CT molecular complexity index is 519. The fraction of sp³-hybridized carbons (Fsp3) is 0.273. The molecular weight excluding hydrogens is 222 g/mol. The topological polar surface area (TPSA) is 78.1 Å². The number of ketones is 1. The molecular formula is C11H11N3O3. The van der Waals surface area contributed by atoms with Crippen LogP contribution in [0.4, 0.5) is 0 Å². The van der Waals surface area contributed by atoms with Gasteiger partial charge in [-0.25, -0.2) is 4.98 Å². The minimum Gasteiger partial charge on any atom is -0.468 e. The van der Waals surface area contributed by atoms with Gasteiger partial charge in [-0.05, 0) is 13.0 Å². The maximum atomic E-state index is 11.0. The third-order valence-corrected chi connectivity index (χ3v) is 2.05. The van der Waals surface area contributed by atoms with Crippen LogP contribution in [0.15, 0.2) is 22.7 Å². The van der Waals surface area contributed by atoms with E-state index in [9.17, 15) is 4.79 Å². The fourth-order valence-corrected chi connectivity index (χ4v) is 1.21. The number of aromatic nitrogens is 3. The lowest BCUT2D eigenvalue weighted by Crippen LogP contribution is -1.99. The molecule has 0 N–H and O–H groups in total. The average Bonchev–Trinajstić information content (AvgIpc) is 2.73. The average molecular weight is 233 g/mol. The largest absolute Gasteiger partial charge is 0.468 e. The Morgan fingerprint density at radius 2 is 2.24 bits per heavy atom. The van der Waals surface area contributed by atoms with E-state index >= 15 is 0 Å². The minimum absolute atomic E-state index is 0.0309. The summed E-state index contributed by atoms with van der Waals surface area (Å²) in [6.45, 7) is 3.35. The molecule has 0 unspecified atom stereocenters. The van der Waals surface area contributed by atoms with Crippen molar-refractivity contribution in [3.8, 4) is 5.88 Å². The number of rotatable bonds is 4. The highest BCUT2D eigenvalue weighted by atomic mass is 16.5. The molecule has 2 aromatic heterocycles. The lowest BCUT2D eigenvalue weighted by molar-refractivity contribution is 0.101. The molecule has 0 amide bonds. The smallest absolute Gasteiger partial charge is 0.253 e. The summed E-state index contributed by atoms with van der Waals surface area (Å²) in [5, 5.41) is 7.46. The predicted octanol–water partition coefficient (Wildman–Crippen LogP) is 1.55. The van der Waals surface area contributed by atoms with Crippen LogP contribution in [0.3, 0.4) is 0 Å². The van der Waals surface area contributed by atoms with Gasteiger partial charge in [0.15, 0.2) is 12.4 Å². The molecule has 0 aliphatic carbocycles. The van der Waals surface area contributed by atoms with E-state index in [1.807, 2.05) is 0 Å². The van der Waals surface area contributed by atoms with Crippen molar-refractivity contribution in [2.24, 2.45) is 0 Å². The van der Waals surface area contributed by atoms with Gasteiger partial charge in [0.25, 0.3) is 5.89 Å². The van der Waals surface area contributed by atoms with Crippen molar-refractivity contribution in [2.75, 3.05) is 0 Å². The van der Waals surface area contributed by atoms with Crippen LogP contribution in [-0.2, 0) is 6.61 Å². The lowest BCUT2D eigenvalue weighted by Gasteiger charge is -2.02. The Balaban J connectivity index is 1.97. The Kier molecular flexibility index (Phi) is 3.13. The maximum absolute atomic E-state index is 11.0. The Hall–Kier alpha value is -2.24. The Labute approximate surface area is 97.6 Å². The van der Waals surface area contributed by atoms with Crippen molar-refractivity contribution in [3.63, 3.8) is 0 Å². The molecule has 6 heteroatoms. The number of hydrogen-bond donors (Lipinski definition) is 0. The molecule has 0 radical (unpaired) electrons. The van der Waals surface area contributed by atoms with Crippen molar-refractivity contribution in [1.29, 1.82) is 0 Å². The van der Waals surface area contributed by atoms with Crippen LogP contribution in [0, 0.1) is 6.92 Å². The fourth-order valence-electron chi connectivity index (χ4n) is 1.21. The first kappa shape index (κ1) is 11.3. The van der Waals surface area contributed by atoms with Gasteiger partial charge >= 0.3 is 0 Å². The number of carbonyl (C=O) groups is 1. The van der Waals surface area contributed by atoms with Crippen LogP contribution >= 0.6 is 0 Å². The van der Waals surface area contributed by atoms with Gasteiger partial charge in [-0.15, -0.1) is 10.2 Å². The zero-order valence-corrected chi connectivity index (χ0v) is 9.51. The molecule has 88 valence electrons. The summed E-state index contributed by atoms with van der Waals surface area (Å²) < 4.78 is 10.5. The molecule has 17 heavy (non-hydrogen) atoms. The SMILES string of the molecule is CC(=O)c1ccc(OCc2nnc(C)o2)nc1. The zero-order chi connectivity index (χ0) is 12.3. The van der Waals surface area contributed by atoms with Gasteiger partial charge < -0.3 is 9.15 Å². The molecule has 0 aliphatic heterocycles. The third kappa shape index (κ3) is 2.87. The highest BCUT2D eigenvalue weighted by molar-refractivity contribution is 5.93. The third-order valence-electron chi connectivity index (χ3n) is 2.05. The summed E-state index contributed by atoms with van der Waals surface area (Å²) in [4.78, 5) is 15.0. The van der Waals surface area contributed by atoms with Crippen molar-refractivity contribution >= 4 is 5.78 Å². The second-order valence-electron chi connectivity index (χ2n) is 3.44. The number of aryl methyl sites for hydroxylation is 1. The van der Waals surface area contributed by atoms with Crippen LogP contribution in [0.2, 0.25) is 0 Å². The minimum atomic E-state index is -0.0309. The number of carbonyl (C=O) groups excluding carboxylic acids is 1. The Morgan fingerprint density at radius 3 is 2.76 bits per heavy atom. The van der Waals surface area contributed by atoms with Crippen LogP contribution in [-0.4, -0.2) is 21.0 Å². The molecule has 0 spiro atoms. The predicted molar refractivity (Wildman–Crippen MR) is 57.6 cm³/mol. The molecule has 0 saturated carbocycles. The van der Waals surface area contributed by atoms with E-state index in [4.69, 9.17) is 9.15 Å². The maximum Gasteiger partial charge on any atom is 0.253 e. The van der Waals surface area contributed by atoms with Crippen molar-refractivity contribution < 1.29 is 13.9 Å². The van der Waals surface area contributed by atoms with Crippen molar-refractivity contribution in [3.05, 3.63) is 35.7 Å². The normalized spacial score (nSPS) is 10.2. The van der Waals surface area contributed by atoms with Gasteiger partial charge in [0.2, 0.25) is 11.8 Å². The summed E-state index contributed by atoms with van der Waals surface area (Å²) in [5.41, 5.74) is 0.547. The highest BCUT2D eigenvalue weighted by Crippen LogP contribution is 2.10. The van der Waals surface area contributed by atoms with E-state index in [1.54, 1.807) is 19.1 Å². The standard InChI is InChI=1S/C11H11N3O3/c1-7(15)9-3-4-10(12-5-9)16-6-11-14-13-8(2)17-11/h3-5H,6H2,1-2H3. The van der Waals surface area contributed by atoms with E-state index < -0.39 is 0 Å². The summed E-state index contributed by atoms with van der Waals surface area (Å²) >= 11 is 0. The van der Waals surface area contributed by atoms with Gasteiger partial charge in [-0.3, -0.25) is 4.79 Å². The first-order valence-corrected chi connectivity index (χ1v) is 5.04. The van der Waals surface area contributed by atoms with Crippen LogP contribution in [0.1, 0.15) is 29.1 Å². The molecule has 0 fully saturated rings. The number of hydrogen-bond acceptors (Lipinski definition) is 6. The molecule has 0 saturated heterocycles. The van der Waals surface area contributed by atoms with E-state index in [0.717, 1.165) is 0 Å². The summed E-state index contributed by atoms with van der Waals surface area (Å²) in [7, 11) is 0. The highest BCUT2D eigenvalue weighted by Gasteiger charge is 2.05. The van der Waals surface area contributed by atoms with E-state index in [-0.39, 0.29) is 12.4 Å². The number of Topliss-reactive ketones (excluding diaryl/α,β-unsaturated/α-hetero) is 1. The first-order valence-electron chi connectivity index (χ1n) is 5.04. The summed E-state index contributed by atoms with van der Waals surface area (Å²) in [6, 6.07) is 3.28. The first-order chi connectivity index (χ1) is 8.15. The van der Waals surface area contributed by atoms with Gasteiger partial charge in [-0.1, -0.05) is 0 Å². The number of nitrogens with zero attached hydrogens (tertiary/aromatic N) is 3. The van der Waals surface area contributed by atoms with E-state index in [2.05, 4.69) is 15.2 Å². The van der Waals surface area contributed by atoms with Crippen LogP contribution < -0.4 is 4.74 Å². The molecule has 2 rings (SSSR count). The quantitative estimate of drug-likeness (QED) is 0.745. The van der Waals surface area contributed by atoms with Crippen LogP contribution in [0.25, 0.3) is 0 Å². The molecule has 2 heterocycles. The summed E-state index contributed by atoms with van der Waals surface area (Å²) in [5.74, 6) is 1.26. The number of ether oxygens (including phenoxy) is 1. The second-order valence-corrected chi connectivity index (χ2v) is 3.44. The number of pyridine rings is 1. The van der Waals surface area contributed by atoms with Crippen LogP contribution in [0.5, 0.6) is 5.88 Å². The molecule has 6 nitrogen and oxygen atoms in total.